The number of hydrogen-bond donors (Lipinski definition) is 3. The van der Waals surface area contributed by atoms with Gasteiger partial charge in [-0.2, -0.15) is 0 Å². The molecule has 2 aromatic rings. The first-order chi connectivity index (χ1) is 8.68. The molecule has 0 aliphatic rings. The summed E-state index contributed by atoms with van der Waals surface area (Å²) in [6, 6.07) is 6.66. The van der Waals surface area contributed by atoms with Gasteiger partial charge >= 0.3 is 0 Å². The Morgan fingerprint density at radius 2 is 1.94 bits per heavy atom. The lowest BCUT2D eigenvalue weighted by Gasteiger charge is -2.05. The zero-order chi connectivity index (χ0) is 13.0. The van der Waals surface area contributed by atoms with Crippen molar-refractivity contribution in [3.63, 3.8) is 0 Å². The minimum atomic E-state index is -0.457. The fraction of sp³-hybridized carbons (Fsp3) is 0. The van der Waals surface area contributed by atoms with E-state index in [2.05, 4.69) is 15.8 Å². The van der Waals surface area contributed by atoms with Crippen molar-refractivity contribution in [2.24, 2.45) is 0 Å². The number of aromatic amines is 1. The third-order valence-electron chi connectivity index (χ3n) is 2.10. The zero-order valence-electron chi connectivity index (χ0n) is 9.10. The Labute approximate surface area is 112 Å². The summed E-state index contributed by atoms with van der Waals surface area (Å²) in [5.41, 5.74) is 4.94. The van der Waals surface area contributed by atoms with Crippen LogP contribution in [0.5, 0.6) is 0 Å². The second kappa shape index (κ2) is 5.56. The zero-order valence-corrected chi connectivity index (χ0v) is 10.7. The molecule has 0 bridgehead atoms. The molecule has 0 radical (unpaired) electrons. The van der Waals surface area contributed by atoms with E-state index in [4.69, 9.17) is 12.2 Å². The molecule has 7 heteroatoms. The SMILES string of the molecule is O=C(NNC(=O)c1ccc[nH]c1=S)c1cccs1. The van der Waals surface area contributed by atoms with E-state index in [1.165, 1.54) is 11.3 Å². The fourth-order valence-corrected chi connectivity index (χ4v) is 2.10. The molecule has 0 atom stereocenters. The number of nitrogens with one attached hydrogen (secondary N) is 3. The molecule has 2 amide bonds. The lowest BCUT2D eigenvalue weighted by atomic mass is 10.3. The maximum atomic E-state index is 11.7. The van der Waals surface area contributed by atoms with E-state index in [1.807, 2.05) is 0 Å². The van der Waals surface area contributed by atoms with Crippen LogP contribution in [0.15, 0.2) is 35.8 Å². The Bertz CT molecular complexity index is 619. The Morgan fingerprint density at radius 3 is 2.61 bits per heavy atom. The summed E-state index contributed by atoms with van der Waals surface area (Å²) in [5, 5.41) is 1.78. The van der Waals surface area contributed by atoms with Crippen LogP contribution in [-0.2, 0) is 0 Å². The van der Waals surface area contributed by atoms with Crippen LogP contribution in [0.3, 0.4) is 0 Å². The van der Waals surface area contributed by atoms with E-state index in [0.29, 0.717) is 15.1 Å². The van der Waals surface area contributed by atoms with Gasteiger partial charge in [-0.15, -0.1) is 11.3 Å². The highest BCUT2D eigenvalue weighted by Crippen LogP contribution is 2.07. The van der Waals surface area contributed by atoms with Crippen molar-refractivity contribution in [3.05, 3.63) is 50.9 Å². The van der Waals surface area contributed by atoms with Crippen LogP contribution in [0.1, 0.15) is 20.0 Å². The lowest BCUT2D eigenvalue weighted by molar-refractivity contribution is 0.0848. The molecular weight excluding hydrogens is 270 g/mol. The van der Waals surface area contributed by atoms with Crippen LogP contribution < -0.4 is 10.9 Å². The average Bonchev–Trinajstić information content (AvgIpc) is 2.90. The van der Waals surface area contributed by atoms with Crippen LogP contribution in [0.25, 0.3) is 0 Å². The van der Waals surface area contributed by atoms with E-state index >= 15 is 0 Å². The third kappa shape index (κ3) is 2.82. The predicted octanol–water partition coefficient (Wildman–Crippen LogP) is 1.88. The van der Waals surface area contributed by atoms with Gasteiger partial charge in [-0.1, -0.05) is 18.3 Å². The van der Waals surface area contributed by atoms with Crippen LogP contribution in [0.2, 0.25) is 0 Å². The van der Waals surface area contributed by atoms with Gasteiger partial charge < -0.3 is 4.98 Å². The molecule has 0 aromatic carbocycles. The largest absolute Gasteiger partial charge is 0.352 e. The first-order valence-electron chi connectivity index (χ1n) is 5.00. The molecule has 0 saturated carbocycles. The van der Waals surface area contributed by atoms with Crippen LogP contribution in [-0.4, -0.2) is 16.8 Å². The highest BCUT2D eigenvalue weighted by Gasteiger charge is 2.10. The van der Waals surface area contributed by atoms with E-state index in [1.54, 1.807) is 35.8 Å². The summed E-state index contributed by atoms with van der Waals surface area (Å²) in [5.74, 6) is -0.814. The molecule has 3 N–H and O–H groups in total. The number of H-pyrrole nitrogens is 1. The number of hydrogen-bond acceptors (Lipinski definition) is 4. The molecule has 0 fully saturated rings. The molecule has 2 aromatic heterocycles. The van der Waals surface area contributed by atoms with Gasteiger partial charge in [-0.3, -0.25) is 20.4 Å². The molecule has 0 spiro atoms. The fourth-order valence-electron chi connectivity index (χ4n) is 1.25. The van der Waals surface area contributed by atoms with Crippen LogP contribution in [0, 0.1) is 4.64 Å². The molecule has 92 valence electrons. The number of pyridine rings is 1. The number of amides is 2. The van der Waals surface area contributed by atoms with Gasteiger partial charge in [0.2, 0.25) is 0 Å². The van der Waals surface area contributed by atoms with Crippen molar-refractivity contribution in [2.45, 2.75) is 0 Å². The van der Waals surface area contributed by atoms with Gasteiger partial charge in [-0.05, 0) is 23.6 Å². The number of hydrazine groups is 1. The van der Waals surface area contributed by atoms with Gasteiger partial charge in [0.05, 0.1) is 10.4 Å². The molecule has 5 nitrogen and oxygen atoms in total. The average molecular weight is 279 g/mol. The monoisotopic (exact) mass is 279 g/mol. The summed E-state index contributed by atoms with van der Waals surface area (Å²) in [6.45, 7) is 0. The smallest absolute Gasteiger partial charge is 0.279 e. The van der Waals surface area contributed by atoms with E-state index in [0.717, 1.165) is 0 Å². The number of carbonyl (C=O) groups excluding carboxylic acids is 2. The minimum absolute atomic E-state index is 0.305. The first kappa shape index (κ1) is 12.5. The van der Waals surface area contributed by atoms with Gasteiger partial charge in [0.25, 0.3) is 11.8 Å². The Hall–Kier alpha value is -1.99. The van der Waals surface area contributed by atoms with Crippen molar-refractivity contribution in [1.82, 2.24) is 15.8 Å². The standard InChI is InChI=1S/C11H9N3O2S2/c15-9(7-3-1-5-12-11(7)17)13-14-10(16)8-4-2-6-18-8/h1-6H,(H,12,17)(H,13,15)(H,14,16). The van der Waals surface area contributed by atoms with Gasteiger partial charge in [0.1, 0.15) is 4.64 Å². The number of aromatic nitrogens is 1. The summed E-state index contributed by atoms with van der Waals surface area (Å²) in [4.78, 5) is 26.6. The summed E-state index contributed by atoms with van der Waals surface area (Å²) < 4.78 is 0.320. The Kier molecular flexibility index (Phi) is 3.85. The predicted molar refractivity (Wildman–Crippen MR) is 70.9 cm³/mol. The lowest BCUT2D eigenvalue weighted by Crippen LogP contribution is -2.41. The number of carbonyl (C=O) groups is 2. The van der Waals surface area contributed by atoms with Crippen LogP contribution in [0.4, 0.5) is 0 Å². The molecule has 0 saturated heterocycles. The normalized spacial score (nSPS) is 9.78. The number of thiophene rings is 1. The van der Waals surface area contributed by atoms with E-state index in [9.17, 15) is 9.59 Å². The molecule has 0 unspecified atom stereocenters. The van der Waals surface area contributed by atoms with Crippen LogP contribution >= 0.6 is 23.6 Å². The topological polar surface area (TPSA) is 74.0 Å². The Morgan fingerprint density at radius 1 is 1.17 bits per heavy atom. The first-order valence-corrected chi connectivity index (χ1v) is 6.29. The van der Waals surface area contributed by atoms with Gasteiger partial charge in [-0.25, -0.2) is 0 Å². The van der Waals surface area contributed by atoms with Crippen molar-refractivity contribution in [3.8, 4) is 0 Å². The van der Waals surface area contributed by atoms with E-state index in [-0.39, 0.29) is 5.91 Å². The summed E-state index contributed by atoms with van der Waals surface area (Å²) in [6.07, 6.45) is 1.63. The molecule has 2 rings (SSSR count). The Balaban J connectivity index is 1.99. The van der Waals surface area contributed by atoms with Gasteiger partial charge in [0.15, 0.2) is 0 Å². The van der Waals surface area contributed by atoms with Crippen molar-refractivity contribution >= 4 is 35.4 Å². The maximum Gasteiger partial charge on any atom is 0.279 e. The van der Waals surface area contributed by atoms with Gasteiger partial charge in [0, 0.05) is 6.20 Å². The second-order valence-electron chi connectivity index (χ2n) is 3.30. The quantitative estimate of drug-likeness (QED) is 0.580. The summed E-state index contributed by atoms with van der Waals surface area (Å²) in [7, 11) is 0. The molecule has 2 heterocycles. The van der Waals surface area contributed by atoms with Crippen molar-refractivity contribution in [2.75, 3.05) is 0 Å². The molecule has 18 heavy (non-hydrogen) atoms. The molecule has 0 aliphatic heterocycles. The number of rotatable bonds is 2. The highest BCUT2D eigenvalue weighted by atomic mass is 32.1. The van der Waals surface area contributed by atoms with Crippen molar-refractivity contribution in [1.29, 1.82) is 0 Å². The molecular formula is C11H9N3O2S2. The third-order valence-corrected chi connectivity index (χ3v) is 3.30. The van der Waals surface area contributed by atoms with E-state index < -0.39 is 5.91 Å². The van der Waals surface area contributed by atoms with Crippen molar-refractivity contribution < 1.29 is 9.59 Å². The summed E-state index contributed by atoms with van der Waals surface area (Å²) >= 11 is 6.25. The highest BCUT2D eigenvalue weighted by molar-refractivity contribution is 7.71. The molecule has 0 aliphatic carbocycles. The minimum Gasteiger partial charge on any atom is -0.352 e. The second-order valence-corrected chi connectivity index (χ2v) is 4.65. The maximum absolute atomic E-state index is 11.7.